The lowest BCUT2D eigenvalue weighted by atomic mass is 9.96. The van der Waals surface area contributed by atoms with Crippen molar-refractivity contribution in [2.24, 2.45) is 5.92 Å². The second kappa shape index (κ2) is 6.45. The van der Waals surface area contributed by atoms with Crippen LogP contribution >= 0.6 is 11.3 Å². The minimum absolute atomic E-state index is 0.0716. The molecular weight excluding hydrogens is 360 g/mol. The van der Waals surface area contributed by atoms with E-state index >= 15 is 0 Å². The van der Waals surface area contributed by atoms with Crippen molar-refractivity contribution < 1.29 is 0 Å². The molecule has 5 rings (SSSR count). The van der Waals surface area contributed by atoms with E-state index in [0.29, 0.717) is 12.5 Å². The Balaban J connectivity index is 1.34. The monoisotopic (exact) mass is 380 g/mol. The van der Waals surface area contributed by atoms with E-state index in [4.69, 9.17) is 0 Å². The Bertz CT molecular complexity index is 1170. The Morgan fingerprint density at radius 1 is 1.26 bits per heavy atom. The lowest BCUT2D eigenvalue weighted by molar-refractivity contribution is 0.356. The van der Waals surface area contributed by atoms with Gasteiger partial charge in [0.2, 0.25) is 0 Å². The van der Waals surface area contributed by atoms with Crippen LogP contribution in [0.1, 0.15) is 18.4 Å². The molecule has 0 amide bonds. The van der Waals surface area contributed by atoms with Crippen LogP contribution in [0.3, 0.4) is 0 Å². The van der Waals surface area contributed by atoms with Crippen LogP contribution in [0.15, 0.2) is 34.8 Å². The molecule has 0 spiro atoms. The van der Waals surface area contributed by atoms with Gasteiger partial charge in [-0.3, -0.25) is 4.57 Å². The first kappa shape index (κ1) is 16.4. The Morgan fingerprint density at radius 2 is 2.11 bits per heavy atom. The van der Waals surface area contributed by atoms with Crippen LogP contribution < -0.4 is 10.6 Å². The molecule has 4 aromatic rings. The van der Waals surface area contributed by atoms with E-state index in [2.05, 4.69) is 37.1 Å². The molecule has 1 N–H and O–H groups in total. The van der Waals surface area contributed by atoms with Gasteiger partial charge < -0.3 is 9.88 Å². The van der Waals surface area contributed by atoms with Crippen molar-refractivity contribution in [3.63, 3.8) is 0 Å². The van der Waals surface area contributed by atoms with Crippen molar-refractivity contribution in [2.75, 3.05) is 18.0 Å². The third-order valence-corrected chi connectivity index (χ3v) is 6.48. The highest BCUT2D eigenvalue weighted by Gasteiger charge is 2.24. The van der Waals surface area contributed by atoms with Crippen LogP contribution in [0.2, 0.25) is 0 Å². The molecule has 1 aliphatic heterocycles. The Hall–Kier alpha value is -2.74. The number of pyridine rings is 1. The predicted molar refractivity (Wildman–Crippen MR) is 107 cm³/mol. The van der Waals surface area contributed by atoms with Gasteiger partial charge >= 0.3 is 5.69 Å². The number of H-pyrrole nitrogens is 1. The van der Waals surface area contributed by atoms with Crippen molar-refractivity contribution in [2.45, 2.75) is 26.3 Å². The smallest absolute Gasteiger partial charge is 0.327 e. The fourth-order valence-corrected chi connectivity index (χ4v) is 4.94. The fraction of sp³-hybridized carbons (Fsp3) is 0.368. The van der Waals surface area contributed by atoms with Gasteiger partial charge in [-0.15, -0.1) is 11.3 Å². The number of thiophene rings is 1. The maximum absolute atomic E-state index is 12.3. The lowest BCUT2D eigenvalue weighted by Crippen LogP contribution is -2.36. The van der Waals surface area contributed by atoms with Gasteiger partial charge in [-0.25, -0.2) is 19.7 Å². The lowest BCUT2D eigenvalue weighted by Gasteiger charge is -2.33. The summed E-state index contributed by atoms with van der Waals surface area (Å²) in [6.07, 6.45) is 5.46. The van der Waals surface area contributed by atoms with E-state index in [-0.39, 0.29) is 5.69 Å². The van der Waals surface area contributed by atoms with Gasteiger partial charge in [0, 0.05) is 25.8 Å². The van der Waals surface area contributed by atoms with Gasteiger partial charge in [-0.2, -0.15) is 0 Å². The molecule has 8 heteroatoms. The summed E-state index contributed by atoms with van der Waals surface area (Å²) in [5.74, 6) is 1.50. The van der Waals surface area contributed by atoms with Crippen LogP contribution in [0.4, 0.5) is 5.82 Å². The van der Waals surface area contributed by atoms with Gasteiger partial charge in [0.15, 0.2) is 5.65 Å². The number of aryl methyl sites for hydroxylation is 1. The molecule has 7 nitrogen and oxygen atoms in total. The molecule has 1 aliphatic rings. The topological polar surface area (TPSA) is 79.7 Å². The molecule has 1 saturated heterocycles. The number of imidazole rings is 1. The molecule has 0 aromatic carbocycles. The zero-order valence-corrected chi connectivity index (χ0v) is 15.9. The molecule has 0 saturated carbocycles. The molecule has 1 fully saturated rings. The summed E-state index contributed by atoms with van der Waals surface area (Å²) in [5.41, 5.74) is 3.74. The van der Waals surface area contributed by atoms with E-state index in [0.717, 1.165) is 48.4 Å². The van der Waals surface area contributed by atoms with Crippen LogP contribution in [0, 0.1) is 12.8 Å². The first-order chi connectivity index (χ1) is 13.2. The average molecular weight is 380 g/mol. The number of nitrogens with one attached hydrogen (secondary N) is 1. The summed E-state index contributed by atoms with van der Waals surface area (Å²) >= 11 is 1.72. The van der Waals surface area contributed by atoms with Gasteiger partial charge in [0.25, 0.3) is 0 Å². The molecular formula is C19H20N6OS. The Labute approximate surface area is 159 Å². The number of hydrogen-bond donors (Lipinski definition) is 1. The van der Waals surface area contributed by atoms with E-state index in [9.17, 15) is 4.79 Å². The third-order valence-electron chi connectivity index (χ3n) is 5.40. The van der Waals surface area contributed by atoms with E-state index in [1.54, 1.807) is 28.4 Å². The van der Waals surface area contributed by atoms with Crippen molar-refractivity contribution in [1.29, 1.82) is 0 Å². The van der Waals surface area contributed by atoms with Gasteiger partial charge in [-0.1, -0.05) is 0 Å². The van der Waals surface area contributed by atoms with Crippen LogP contribution in [0.5, 0.6) is 0 Å². The minimum Gasteiger partial charge on any atom is -0.355 e. The second-order valence-electron chi connectivity index (χ2n) is 7.14. The Kier molecular flexibility index (Phi) is 3.93. The van der Waals surface area contributed by atoms with Gasteiger partial charge in [0.1, 0.15) is 12.1 Å². The first-order valence-corrected chi connectivity index (χ1v) is 10.1. The zero-order chi connectivity index (χ0) is 18.4. The predicted octanol–water partition coefficient (Wildman–Crippen LogP) is 2.95. The third kappa shape index (κ3) is 2.80. The van der Waals surface area contributed by atoms with E-state index in [1.165, 1.54) is 10.3 Å². The number of fused-ring (bicyclic) bond motifs is 2. The molecule has 0 unspecified atom stereocenters. The quantitative estimate of drug-likeness (QED) is 0.591. The van der Waals surface area contributed by atoms with Crippen molar-refractivity contribution >= 4 is 38.5 Å². The summed E-state index contributed by atoms with van der Waals surface area (Å²) in [5, 5.41) is 2.14. The zero-order valence-electron chi connectivity index (χ0n) is 15.1. The summed E-state index contributed by atoms with van der Waals surface area (Å²) in [6.45, 7) is 4.69. The molecule has 4 aromatic heterocycles. The molecule has 5 heterocycles. The molecule has 138 valence electrons. The highest BCUT2D eigenvalue weighted by Crippen LogP contribution is 2.33. The fourth-order valence-electron chi connectivity index (χ4n) is 3.93. The minimum atomic E-state index is -0.0716. The van der Waals surface area contributed by atoms with Gasteiger partial charge in [0.05, 0.1) is 15.7 Å². The molecule has 0 aliphatic carbocycles. The number of piperidine rings is 1. The molecule has 27 heavy (non-hydrogen) atoms. The molecule has 0 radical (unpaired) electrons. The summed E-state index contributed by atoms with van der Waals surface area (Å²) in [6, 6.07) is 3.74. The second-order valence-corrected chi connectivity index (χ2v) is 8.02. The normalized spacial score (nSPS) is 15.8. The number of anilines is 1. The number of rotatable bonds is 3. The number of aromatic amines is 1. The largest absolute Gasteiger partial charge is 0.355 e. The maximum Gasteiger partial charge on any atom is 0.327 e. The molecule has 0 bridgehead atoms. The van der Waals surface area contributed by atoms with E-state index < -0.39 is 0 Å². The number of aromatic nitrogens is 5. The van der Waals surface area contributed by atoms with Gasteiger partial charge in [-0.05, 0) is 48.8 Å². The highest BCUT2D eigenvalue weighted by atomic mass is 32.1. The summed E-state index contributed by atoms with van der Waals surface area (Å²) in [7, 11) is 0. The SMILES string of the molecule is Cc1csc2c(N3CCC(Cn4c(=O)[nH]c5cccnc54)CC3)ncnc12. The van der Waals surface area contributed by atoms with Crippen LogP contribution in [-0.2, 0) is 6.54 Å². The highest BCUT2D eigenvalue weighted by molar-refractivity contribution is 7.18. The average Bonchev–Trinajstić information content (AvgIpc) is 3.23. The summed E-state index contributed by atoms with van der Waals surface area (Å²) in [4.78, 5) is 30.9. The summed E-state index contributed by atoms with van der Waals surface area (Å²) < 4.78 is 2.95. The van der Waals surface area contributed by atoms with E-state index in [1.807, 2.05) is 12.1 Å². The maximum atomic E-state index is 12.3. The standard InChI is InChI=1S/C19H20N6OS/c1-12-10-27-16-15(12)21-11-22-18(16)24-7-4-13(5-8-24)9-25-17-14(23-19(25)26)3-2-6-20-17/h2-3,6,10-11,13H,4-5,7-9H2,1H3,(H,23,26). The van der Waals surface area contributed by atoms with Crippen molar-refractivity contribution in [1.82, 2.24) is 24.5 Å². The number of hydrogen-bond acceptors (Lipinski definition) is 6. The Morgan fingerprint density at radius 3 is 2.96 bits per heavy atom. The van der Waals surface area contributed by atoms with Crippen LogP contribution in [-0.4, -0.2) is 37.6 Å². The van der Waals surface area contributed by atoms with Crippen LogP contribution in [0.25, 0.3) is 21.4 Å². The molecule has 0 atom stereocenters. The van der Waals surface area contributed by atoms with Crippen molar-refractivity contribution in [3.8, 4) is 0 Å². The van der Waals surface area contributed by atoms with Crippen molar-refractivity contribution in [3.05, 3.63) is 46.1 Å². The number of nitrogens with zero attached hydrogens (tertiary/aromatic N) is 5. The first-order valence-electron chi connectivity index (χ1n) is 9.18.